The second kappa shape index (κ2) is 9.51. The molecular formula is C19H20F2N2O4. The summed E-state index contributed by atoms with van der Waals surface area (Å²) >= 11 is 0. The van der Waals surface area contributed by atoms with E-state index in [0.717, 1.165) is 12.1 Å². The Kier molecular flexibility index (Phi) is 7.10. The number of carbonyl (C=O) groups excluding carboxylic acids is 2. The molecule has 0 saturated carbocycles. The minimum atomic E-state index is -1.07. The third-order valence-electron chi connectivity index (χ3n) is 3.67. The number of rotatable bonds is 8. The molecule has 27 heavy (non-hydrogen) atoms. The first-order valence-electron chi connectivity index (χ1n) is 8.16. The number of ether oxygens (including phenoxy) is 2. The Morgan fingerprint density at radius 2 is 1.70 bits per heavy atom. The molecule has 0 heterocycles. The lowest BCUT2D eigenvalue weighted by atomic mass is 10.3. The normalized spacial score (nSPS) is 10.2. The zero-order valence-corrected chi connectivity index (χ0v) is 15.0. The quantitative estimate of drug-likeness (QED) is 0.767. The Morgan fingerprint density at radius 1 is 1.04 bits per heavy atom. The van der Waals surface area contributed by atoms with Crippen LogP contribution in [0.4, 0.5) is 14.5 Å². The van der Waals surface area contributed by atoms with Crippen molar-refractivity contribution >= 4 is 17.5 Å². The minimum absolute atomic E-state index is 0.108. The number of hydrogen-bond acceptors (Lipinski definition) is 4. The standard InChI is InChI=1S/C19H20F2N2O4/c1-13(24)23(9-10-27-16-6-4-15(26-2)5-7-16)12-19(25)22-14-3-8-17(20)18(21)11-14/h3-8,11H,9-10,12H2,1-2H3,(H,22,25). The molecule has 0 spiro atoms. The van der Waals surface area contributed by atoms with Crippen molar-refractivity contribution in [2.24, 2.45) is 0 Å². The van der Waals surface area contributed by atoms with Gasteiger partial charge in [0.05, 0.1) is 20.2 Å². The van der Waals surface area contributed by atoms with E-state index in [2.05, 4.69) is 5.32 Å². The summed E-state index contributed by atoms with van der Waals surface area (Å²) in [5.41, 5.74) is 0.108. The SMILES string of the molecule is COc1ccc(OCCN(CC(=O)Nc2ccc(F)c(F)c2)C(C)=O)cc1. The second-order valence-corrected chi connectivity index (χ2v) is 5.64. The Hall–Kier alpha value is -3.16. The Morgan fingerprint density at radius 3 is 2.30 bits per heavy atom. The number of anilines is 1. The molecule has 0 aromatic heterocycles. The van der Waals surface area contributed by atoms with Crippen LogP contribution >= 0.6 is 0 Å². The average molecular weight is 378 g/mol. The van der Waals surface area contributed by atoms with Crippen LogP contribution in [0.5, 0.6) is 11.5 Å². The van der Waals surface area contributed by atoms with Gasteiger partial charge in [0.15, 0.2) is 11.6 Å². The minimum Gasteiger partial charge on any atom is -0.497 e. The van der Waals surface area contributed by atoms with Gasteiger partial charge >= 0.3 is 0 Å². The molecule has 0 saturated heterocycles. The molecule has 0 fully saturated rings. The molecule has 1 N–H and O–H groups in total. The van der Waals surface area contributed by atoms with Crippen LogP contribution in [0.25, 0.3) is 0 Å². The third kappa shape index (κ3) is 6.25. The van der Waals surface area contributed by atoms with Gasteiger partial charge in [-0.25, -0.2) is 8.78 Å². The first kappa shape index (κ1) is 20.2. The fourth-order valence-electron chi connectivity index (χ4n) is 2.24. The van der Waals surface area contributed by atoms with Gasteiger partial charge in [0.25, 0.3) is 0 Å². The van der Waals surface area contributed by atoms with Crippen LogP contribution in [-0.2, 0) is 9.59 Å². The molecule has 144 valence electrons. The van der Waals surface area contributed by atoms with E-state index in [1.807, 2.05) is 0 Å². The summed E-state index contributed by atoms with van der Waals surface area (Å²) in [7, 11) is 1.56. The summed E-state index contributed by atoms with van der Waals surface area (Å²) in [5, 5.41) is 2.42. The van der Waals surface area contributed by atoms with Gasteiger partial charge in [-0.05, 0) is 36.4 Å². The van der Waals surface area contributed by atoms with E-state index in [0.29, 0.717) is 11.5 Å². The summed E-state index contributed by atoms with van der Waals surface area (Å²) in [4.78, 5) is 25.1. The first-order valence-corrected chi connectivity index (χ1v) is 8.16. The fourth-order valence-corrected chi connectivity index (χ4v) is 2.24. The lowest BCUT2D eigenvalue weighted by Crippen LogP contribution is -2.39. The maximum atomic E-state index is 13.2. The van der Waals surface area contributed by atoms with Crippen LogP contribution in [0.2, 0.25) is 0 Å². The second-order valence-electron chi connectivity index (χ2n) is 5.64. The monoisotopic (exact) mass is 378 g/mol. The number of nitrogens with one attached hydrogen (secondary N) is 1. The number of hydrogen-bond donors (Lipinski definition) is 1. The predicted molar refractivity (Wildman–Crippen MR) is 95.7 cm³/mol. The van der Waals surface area contributed by atoms with Gasteiger partial charge in [-0.2, -0.15) is 0 Å². The Balaban J connectivity index is 1.85. The average Bonchev–Trinajstić information content (AvgIpc) is 2.64. The first-order chi connectivity index (χ1) is 12.9. The highest BCUT2D eigenvalue weighted by molar-refractivity contribution is 5.94. The number of halogens is 2. The van der Waals surface area contributed by atoms with Crippen LogP contribution in [0.1, 0.15) is 6.92 Å². The van der Waals surface area contributed by atoms with Crippen molar-refractivity contribution in [1.29, 1.82) is 0 Å². The van der Waals surface area contributed by atoms with Crippen LogP contribution < -0.4 is 14.8 Å². The lowest BCUT2D eigenvalue weighted by Gasteiger charge is -2.20. The van der Waals surface area contributed by atoms with Crippen LogP contribution in [0.3, 0.4) is 0 Å². The van der Waals surface area contributed by atoms with E-state index >= 15 is 0 Å². The Bertz CT molecular complexity index is 797. The van der Waals surface area contributed by atoms with Gasteiger partial charge < -0.3 is 19.7 Å². The fraction of sp³-hybridized carbons (Fsp3) is 0.263. The predicted octanol–water partition coefficient (Wildman–Crippen LogP) is 2.84. The summed E-state index contributed by atoms with van der Waals surface area (Å²) < 4.78 is 36.7. The van der Waals surface area contributed by atoms with Gasteiger partial charge in [0, 0.05) is 18.7 Å². The lowest BCUT2D eigenvalue weighted by molar-refractivity contribution is -0.133. The van der Waals surface area contributed by atoms with Crippen molar-refractivity contribution in [2.45, 2.75) is 6.92 Å². The van der Waals surface area contributed by atoms with E-state index < -0.39 is 17.5 Å². The highest BCUT2D eigenvalue weighted by Gasteiger charge is 2.14. The van der Waals surface area contributed by atoms with Crippen molar-refractivity contribution in [3.63, 3.8) is 0 Å². The molecule has 0 aliphatic carbocycles. The molecule has 0 atom stereocenters. The molecule has 0 aliphatic rings. The highest BCUT2D eigenvalue weighted by atomic mass is 19.2. The van der Waals surface area contributed by atoms with E-state index in [1.165, 1.54) is 17.9 Å². The summed E-state index contributed by atoms with van der Waals surface area (Å²) in [6.07, 6.45) is 0. The van der Waals surface area contributed by atoms with Gasteiger partial charge in [-0.3, -0.25) is 9.59 Å². The highest BCUT2D eigenvalue weighted by Crippen LogP contribution is 2.17. The molecule has 0 radical (unpaired) electrons. The van der Waals surface area contributed by atoms with Crippen molar-refractivity contribution in [3.05, 3.63) is 54.1 Å². The van der Waals surface area contributed by atoms with Crippen LogP contribution in [0.15, 0.2) is 42.5 Å². The molecule has 0 bridgehead atoms. The van der Waals surface area contributed by atoms with Crippen molar-refractivity contribution < 1.29 is 27.8 Å². The van der Waals surface area contributed by atoms with Gasteiger partial charge in [0.1, 0.15) is 18.1 Å². The molecule has 0 aliphatic heterocycles. The van der Waals surface area contributed by atoms with Crippen LogP contribution in [0, 0.1) is 11.6 Å². The zero-order chi connectivity index (χ0) is 19.8. The van der Waals surface area contributed by atoms with E-state index in [9.17, 15) is 18.4 Å². The summed E-state index contributed by atoms with van der Waals surface area (Å²) in [6, 6.07) is 9.97. The number of carbonyl (C=O) groups is 2. The molecule has 2 rings (SSSR count). The molecule has 0 unspecified atom stereocenters. The van der Waals surface area contributed by atoms with Gasteiger partial charge in [-0.15, -0.1) is 0 Å². The largest absolute Gasteiger partial charge is 0.497 e. The Labute approximate surface area is 155 Å². The van der Waals surface area contributed by atoms with Crippen LogP contribution in [-0.4, -0.2) is 43.5 Å². The summed E-state index contributed by atoms with van der Waals surface area (Å²) in [5.74, 6) is -1.61. The van der Waals surface area contributed by atoms with Crippen molar-refractivity contribution in [1.82, 2.24) is 4.90 Å². The molecule has 2 amide bonds. The third-order valence-corrected chi connectivity index (χ3v) is 3.67. The number of benzene rings is 2. The summed E-state index contributed by atoms with van der Waals surface area (Å²) in [6.45, 7) is 1.47. The molecule has 8 heteroatoms. The van der Waals surface area contributed by atoms with Crippen molar-refractivity contribution in [3.8, 4) is 11.5 Å². The maximum Gasteiger partial charge on any atom is 0.244 e. The van der Waals surface area contributed by atoms with E-state index in [4.69, 9.17) is 9.47 Å². The van der Waals surface area contributed by atoms with Gasteiger partial charge in [-0.1, -0.05) is 0 Å². The molecule has 6 nitrogen and oxygen atoms in total. The molecule has 2 aromatic carbocycles. The van der Waals surface area contributed by atoms with Crippen molar-refractivity contribution in [2.75, 3.05) is 32.1 Å². The maximum absolute atomic E-state index is 13.2. The van der Waals surface area contributed by atoms with E-state index in [-0.39, 0.29) is 31.3 Å². The molecule has 2 aromatic rings. The van der Waals surface area contributed by atoms with Gasteiger partial charge in [0.2, 0.25) is 11.8 Å². The molecular weight excluding hydrogens is 358 g/mol. The number of nitrogens with zero attached hydrogens (tertiary/aromatic N) is 1. The smallest absolute Gasteiger partial charge is 0.244 e. The topological polar surface area (TPSA) is 67.9 Å². The zero-order valence-electron chi connectivity index (χ0n) is 15.0. The number of methoxy groups -OCH3 is 1. The van der Waals surface area contributed by atoms with E-state index in [1.54, 1.807) is 31.4 Å². The number of amides is 2.